The fraction of sp³-hybridized carbons (Fsp3) is 0.257. The third kappa shape index (κ3) is 4.82. The molecule has 264 valence electrons. The number of phenols is 1. The number of carbonyl (C=O) groups is 4. The zero-order valence-electron chi connectivity index (χ0n) is 25.9. The van der Waals surface area contributed by atoms with Crippen LogP contribution in [0.15, 0.2) is 64.7 Å². The van der Waals surface area contributed by atoms with E-state index in [1.165, 1.54) is 37.5 Å². The summed E-state index contributed by atoms with van der Waals surface area (Å²) in [6.45, 7) is 0. The molecule has 4 aliphatic rings. The highest BCUT2D eigenvalue weighted by Gasteiger charge is 2.76. The Bertz CT molecular complexity index is 2120. The summed E-state index contributed by atoms with van der Waals surface area (Å²) in [5, 5.41) is 10.1. The lowest BCUT2D eigenvalue weighted by molar-refractivity contribution is -0.125. The van der Waals surface area contributed by atoms with Crippen molar-refractivity contribution in [3.8, 4) is 11.5 Å². The van der Waals surface area contributed by atoms with E-state index in [-0.39, 0.29) is 28.5 Å². The van der Waals surface area contributed by atoms with Crippen LogP contribution in [0.25, 0.3) is 6.08 Å². The maximum absolute atomic E-state index is 15.2. The van der Waals surface area contributed by atoms with Gasteiger partial charge >= 0.3 is 0 Å². The summed E-state index contributed by atoms with van der Waals surface area (Å²) in [6, 6.07) is 10.6. The van der Waals surface area contributed by atoms with Gasteiger partial charge in [-0.1, -0.05) is 45.8 Å². The normalized spacial score (nSPS) is 28.7. The Morgan fingerprint density at radius 2 is 1.49 bits per heavy atom. The van der Waals surface area contributed by atoms with Gasteiger partial charge in [0.05, 0.1) is 24.6 Å². The molecule has 0 bridgehead atoms. The predicted octanol–water partition coefficient (Wildman–Crippen LogP) is 7.17. The minimum atomic E-state index is -2.64. The van der Waals surface area contributed by atoms with Gasteiger partial charge < -0.3 is 9.84 Å². The Balaban J connectivity index is 1.40. The number of amides is 4. The lowest BCUT2D eigenvalue weighted by atomic mass is 9.57. The van der Waals surface area contributed by atoms with Gasteiger partial charge in [0.15, 0.2) is 44.5 Å². The molecule has 3 aromatic carbocycles. The fourth-order valence-electron chi connectivity index (χ4n) is 7.66. The number of allylic oxidation sites excluding steroid dienone is 3. The van der Waals surface area contributed by atoms with E-state index in [1.54, 1.807) is 30.3 Å². The van der Waals surface area contributed by atoms with Crippen LogP contribution in [0.3, 0.4) is 0 Å². The number of rotatable bonds is 5. The van der Waals surface area contributed by atoms with Crippen LogP contribution >= 0.6 is 39.1 Å². The first-order valence-electron chi connectivity index (χ1n) is 15.2. The number of hydrogen-bond donors (Lipinski definition) is 1. The summed E-state index contributed by atoms with van der Waals surface area (Å²) in [4.78, 5) is 51.9. The van der Waals surface area contributed by atoms with Crippen molar-refractivity contribution < 1.29 is 51.0 Å². The minimum Gasteiger partial charge on any atom is -0.504 e. The van der Waals surface area contributed by atoms with E-state index >= 15 is 8.78 Å². The highest BCUT2D eigenvalue weighted by atomic mass is 79.9. The molecule has 2 aliphatic heterocycles. The van der Waals surface area contributed by atoms with Gasteiger partial charge in [0, 0.05) is 10.4 Å². The number of aromatic hydroxyl groups is 1. The molecule has 0 aromatic heterocycles. The molecule has 7 rings (SSSR count). The summed E-state index contributed by atoms with van der Waals surface area (Å²) in [6.07, 6.45) is 3.75. The summed E-state index contributed by atoms with van der Waals surface area (Å²) < 4.78 is 79.1. The van der Waals surface area contributed by atoms with Gasteiger partial charge in [-0.05, 0) is 60.7 Å². The first kappa shape index (κ1) is 35.1. The molecule has 4 amide bonds. The Morgan fingerprint density at radius 3 is 2.12 bits per heavy atom. The third-order valence-corrected chi connectivity index (χ3v) is 12.0. The van der Waals surface area contributed by atoms with E-state index in [4.69, 9.17) is 27.9 Å². The molecule has 2 aliphatic carbocycles. The van der Waals surface area contributed by atoms with E-state index in [9.17, 15) is 37.5 Å². The smallest absolute Gasteiger partial charge is 0.258 e. The maximum atomic E-state index is 15.2. The molecule has 3 fully saturated rings. The van der Waals surface area contributed by atoms with Gasteiger partial charge in [-0.3, -0.25) is 24.1 Å². The zero-order valence-corrected chi connectivity index (χ0v) is 29.0. The lowest BCUT2D eigenvalue weighted by Gasteiger charge is -2.49. The number of hydrogen-bond acceptors (Lipinski definition) is 6. The predicted molar refractivity (Wildman–Crippen MR) is 177 cm³/mol. The number of methoxy groups -OCH3 is 1. The number of nitrogens with zero attached hydrogens (tertiary/aromatic N) is 2. The Morgan fingerprint density at radius 1 is 0.863 bits per heavy atom. The lowest BCUT2D eigenvalue weighted by Crippen LogP contribution is -2.60. The number of anilines is 2. The second-order valence-electron chi connectivity index (χ2n) is 12.5. The summed E-state index contributed by atoms with van der Waals surface area (Å²) >= 11 is 17.5. The van der Waals surface area contributed by atoms with Crippen LogP contribution in [0.1, 0.15) is 18.4 Å². The standard InChI is InChI=1S/C35H22BrCl2F5N2O6/c1-51-22-12-14(3-11-21(22)46)2-10-20-17-8-9-18-23(31(48)44(30(18)47)16-6-4-15(36)5-7-16)19(17)13-34(37)32(49)45(33(50)35(20,34)38)29-27(42)25(40)24(39)26(41)28(29)43/h2-8,10-12,18-20,23,46H,9,13H2,1H3/t18-,19+,20-,23-,34+,35-/m0/s1. The second-order valence-corrected chi connectivity index (χ2v) is 14.7. The quantitative estimate of drug-likeness (QED) is 0.0733. The van der Waals surface area contributed by atoms with E-state index in [0.717, 1.165) is 4.90 Å². The molecule has 0 unspecified atom stereocenters. The Labute approximate surface area is 304 Å². The number of carbonyl (C=O) groups excluding carboxylic acids is 4. The number of halogens is 8. The molecule has 16 heteroatoms. The van der Waals surface area contributed by atoms with Gasteiger partial charge in [0.25, 0.3) is 11.8 Å². The van der Waals surface area contributed by atoms with Crippen molar-refractivity contribution in [2.75, 3.05) is 16.9 Å². The molecular weight excluding hydrogens is 790 g/mol. The molecule has 8 nitrogen and oxygen atoms in total. The molecule has 51 heavy (non-hydrogen) atoms. The number of phenolic OH excluding ortho intramolecular Hbond substituents is 1. The van der Waals surface area contributed by atoms with E-state index in [1.807, 2.05) is 0 Å². The van der Waals surface area contributed by atoms with Crippen LogP contribution < -0.4 is 14.5 Å². The van der Waals surface area contributed by atoms with E-state index in [2.05, 4.69) is 15.9 Å². The molecule has 6 atom stereocenters. The monoisotopic (exact) mass is 810 g/mol. The van der Waals surface area contributed by atoms with Gasteiger partial charge in [-0.15, -0.1) is 23.2 Å². The third-order valence-electron chi connectivity index (χ3n) is 10.0. The zero-order chi connectivity index (χ0) is 36.9. The summed E-state index contributed by atoms with van der Waals surface area (Å²) in [5.41, 5.74) is -0.910. The molecule has 2 saturated heterocycles. The van der Waals surface area contributed by atoms with Crippen molar-refractivity contribution in [2.24, 2.45) is 23.7 Å². The minimum absolute atomic E-state index is 0.00276. The van der Waals surface area contributed by atoms with Crippen LogP contribution in [0.2, 0.25) is 0 Å². The summed E-state index contributed by atoms with van der Waals surface area (Å²) in [5.74, 6) is -21.3. The average Bonchev–Trinajstić information content (AvgIpc) is 3.45. The van der Waals surface area contributed by atoms with Gasteiger partial charge in [-0.25, -0.2) is 26.9 Å². The molecule has 0 radical (unpaired) electrons. The SMILES string of the molecule is COc1cc(C=C[C@H]2C3=CC[C@@H]4C(=O)N(c5ccc(Br)cc5)C(=O)[C@@H]4[C@@H]3C[C@@]3(Cl)C(=O)N(c4c(F)c(F)c(F)c(F)c4F)C(=O)[C@@]23Cl)ccc1O. The van der Waals surface area contributed by atoms with Crippen molar-refractivity contribution in [2.45, 2.75) is 22.6 Å². The molecular formula is C35H22BrCl2F5N2O6. The van der Waals surface area contributed by atoms with Crippen molar-refractivity contribution in [1.29, 1.82) is 0 Å². The molecule has 0 spiro atoms. The summed E-state index contributed by atoms with van der Waals surface area (Å²) in [7, 11) is 1.31. The molecule has 2 heterocycles. The van der Waals surface area contributed by atoms with Gasteiger partial charge in [-0.2, -0.15) is 0 Å². The topological polar surface area (TPSA) is 104 Å². The van der Waals surface area contributed by atoms with E-state index < -0.39 is 98.2 Å². The molecule has 3 aromatic rings. The number of fused-ring (bicyclic) bond motifs is 4. The highest BCUT2D eigenvalue weighted by Crippen LogP contribution is 2.64. The van der Waals surface area contributed by atoms with Crippen LogP contribution in [0, 0.1) is 52.8 Å². The number of imide groups is 2. The Kier molecular flexibility index (Phi) is 8.38. The van der Waals surface area contributed by atoms with Gasteiger partial charge in [0.2, 0.25) is 17.6 Å². The number of ether oxygens (including phenoxy) is 1. The van der Waals surface area contributed by atoms with Crippen molar-refractivity contribution in [1.82, 2.24) is 0 Å². The van der Waals surface area contributed by atoms with Crippen LogP contribution in [0.4, 0.5) is 33.3 Å². The largest absolute Gasteiger partial charge is 0.504 e. The first-order chi connectivity index (χ1) is 24.1. The number of alkyl halides is 2. The number of benzene rings is 3. The van der Waals surface area contributed by atoms with Crippen LogP contribution in [-0.4, -0.2) is 45.6 Å². The van der Waals surface area contributed by atoms with E-state index in [0.29, 0.717) is 15.6 Å². The van der Waals surface area contributed by atoms with Crippen LogP contribution in [-0.2, 0) is 19.2 Å². The first-order valence-corrected chi connectivity index (χ1v) is 16.8. The maximum Gasteiger partial charge on any atom is 0.258 e. The molecule has 1 N–H and O–H groups in total. The van der Waals surface area contributed by atoms with Crippen molar-refractivity contribution in [3.05, 3.63) is 99.3 Å². The molecule has 1 saturated carbocycles. The Hall–Kier alpha value is -4.27. The van der Waals surface area contributed by atoms with Crippen molar-refractivity contribution >= 4 is 80.2 Å². The second kappa shape index (κ2) is 12.2. The average molecular weight is 812 g/mol. The van der Waals surface area contributed by atoms with Crippen LogP contribution in [0.5, 0.6) is 11.5 Å². The highest BCUT2D eigenvalue weighted by molar-refractivity contribution is 9.10. The fourth-order valence-corrected chi connectivity index (χ4v) is 8.82. The van der Waals surface area contributed by atoms with Crippen molar-refractivity contribution in [3.63, 3.8) is 0 Å². The van der Waals surface area contributed by atoms with Gasteiger partial charge in [0.1, 0.15) is 5.69 Å².